The summed E-state index contributed by atoms with van der Waals surface area (Å²) < 4.78 is 102. The number of H-pyrrole nitrogens is 2. The molecule has 2 fully saturated rings. The van der Waals surface area contributed by atoms with Crippen LogP contribution in [0.15, 0.2) is 42.5 Å². The Bertz CT molecular complexity index is 2910. The van der Waals surface area contributed by atoms with Crippen molar-refractivity contribution in [3.63, 3.8) is 0 Å². The largest absolute Gasteiger partial charge is 0.488 e. The summed E-state index contributed by atoms with van der Waals surface area (Å²) in [4.78, 5) is 72.5. The zero-order chi connectivity index (χ0) is 51.9. The van der Waals surface area contributed by atoms with Gasteiger partial charge in [0.1, 0.15) is 36.1 Å². The van der Waals surface area contributed by atoms with Gasteiger partial charge in [0.2, 0.25) is 11.8 Å². The number of amides is 4. The molecule has 0 saturated carbocycles. The van der Waals surface area contributed by atoms with E-state index in [2.05, 4.69) is 30.1 Å². The second-order valence-electron chi connectivity index (χ2n) is 20.3. The Balaban J connectivity index is 1.10. The number of rotatable bonds is 10. The first-order valence-corrected chi connectivity index (χ1v) is 23.5. The molecule has 15 nitrogen and oxygen atoms in total. The van der Waals surface area contributed by atoms with Crippen LogP contribution in [0.5, 0.6) is 5.75 Å². The molecule has 2 saturated heterocycles. The lowest BCUT2D eigenvalue weighted by Gasteiger charge is -2.39. The molecule has 8 rings (SSSR count). The second kappa shape index (κ2) is 18.3. The zero-order valence-corrected chi connectivity index (χ0v) is 41.0. The monoisotopic (exact) mass is 996 g/mol. The fourth-order valence-electron chi connectivity index (χ4n) is 10.1. The van der Waals surface area contributed by atoms with Crippen LogP contribution in [0.3, 0.4) is 0 Å². The van der Waals surface area contributed by atoms with E-state index in [-0.39, 0.29) is 12.5 Å². The van der Waals surface area contributed by atoms with Gasteiger partial charge in [-0.25, -0.2) is 19.6 Å². The number of halogens is 6. The summed E-state index contributed by atoms with van der Waals surface area (Å²) in [6, 6.07) is 7.23. The first-order chi connectivity index (χ1) is 33.2. The predicted octanol–water partition coefficient (Wildman–Crippen LogP) is 10.5. The average Bonchev–Trinajstić information content (AvgIpc) is 4.12. The minimum absolute atomic E-state index is 0.0754. The maximum absolute atomic E-state index is 14.4. The van der Waals surface area contributed by atoms with E-state index in [4.69, 9.17) is 14.7 Å². The molecule has 0 radical (unpaired) electrons. The van der Waals surface area contributed by atoms with Gasteiger partial charge in [-0.2, -0.15) is 26.3 Å². The van der Waals surface area contributed by atoms with Crippen LogP contribution in [0.25, 0.3) is 44.2 Å². The van der Waals surface area contributed by atoms with Gasteiger partial charge in [-0.3, -0.25) is 9.59 Å². The summed E-state index contributed by atoms with van der Waals surface area (Å²) in [6.07, 6.45) is -10.2. The molecule has 3 aliphatic heterocycles. The third kappa shape index (κ3) is 8.86. The number of alkyl halides is 6. The van der Waals surface area contributed by atoms with Gasteiger partial charge in [0.25, 0.3) is 0 Å². The molecular weight excluding hydrogens is 939 g/mol. The first kappa shape index (κ1) is 50.8. The smallest absolute Gasteiger partial charge is 0.407 e. The van der Waals surface area contributed by atoms with Crippen LogP contribution >= 0.6 is 0 Å². The van der Waals surface area contributed by atoms with E-state index < -0.39 is 83.4 Å². The highest BCUT2D eigenvalue weighted by Crippen LogP contribution is 2.48. The van der Waals surface area contributed by atoms with Crippen molar-refractivity contribution in [2.24, 2.45) is 10.8 Å². The number of aromatic amines is 2. The van der Waals surface area contributed by atoms with Gasteiger partial charge in [0.15, 0.2) is 0 Å². The fourth-order valence-corrected chi connectivity index (χ4v) is 10.1. The summed E-state index contributed by atoms with van der Waals surface area (Å²) >= 11 is 0. The van der Waals surface area contributed by atoms with Crippen LogP contribution in [0.1, 0.15) is 122 Å². The lowest BCUT2D eigenvalue weighted by Crippen LogP contribution is -2.60. The number of ether oxygens (including phenoxy) is 3. The molecule has 6 atom stereocenters. The Hall–Kier alpha value is -6.54. The number of alkyl carbamates (subject to hydrolysis) is 2. The summed E-state index contributed by atoms with van der Waals surface area (Å²) in [7, 11) is 2.03. The van der Waals surface area contributed by atoms with Gasteiger partial charge >= 0.3 is 24.5 Å². The zero-order valence-electron chi connectivity index (χ0n) is 41.0. The Kier molecular flexibility index (Phi) is 13.1. The molecule has 71 heavy (non-hydrogen) atoms. The van der Waals surface area contributed by atoms with Crippen molar-refractivity contribution >= 4 is 45.8 Å². The molecule has 0 bridgehead atoms. The maximum Gasteiger partial charge on any atom is 0.407 e. The van der Waals surface area contributed by atoms with Crippen molar-refractivity contribution in [2.45, 2.75) is 142 Å². The highest BCUT2D eigenvalue weighted by molar-refractivity contribution is 6.07. The van der Waals surface area contributed by atoms with Gasteiger partial charge in [-0.15, -0.1) is 0 Å². The molecule has 3 aliphatic rings. The number of fused-ring (bicyclic) bond motifs is 6. The molecule has 4 N–H and O–H groups in total. The molecule has 21 heteroatoms. The maximum atomic E-state index is 14.4. The molecule has 382 valence electrons. The van der Waals surface area contributed by atoms with E-state index in [1.54, 1.807) is 13.8 Å². The number of methoxy groups -OCH3 is 2. The number of likely N-dealkylation sites (tertiary alicyclic amines) is 2. The lowest BCUT2D eigenvalue weighted by molar-refractivity contribution is -0.222. The molecule has 0 unspecified atom stereocenters. The Labute approximate surface area is 405 Å². The van der Waals surface area contributed by atoms with Crippen molar-refractivity contribution in [1.82, 2.24) is 40.4 Å². The number of nitrogens with zero attached hydrogens (tertiary/aromatic N) is 4. The SMILES string of the molecule is COC(=O)N[C@H](C(=O)N1[C@@H](C)CC[C@H]1c1nc(-c2ccc3c(c2)COc2cc4c(ccc5[nH]c([C@@H]6CC[C@H](C)N6C(=O)[C@@H](NC(=O)OC)C(C)(C)C(F)(F)F)nc54)cc2-3)c(C(C)C)[nH]1)C(C)(C)C(F)(F)F. The number of aromatic nitrogens is 4. The van der Waals surface area contributed by atoms with Gasteiger partial charge in [-0.05, 0) is 114 Å². The Morgan fingerprint density at radius 2 is 1.25 bits per heavy atom. The normalized spacial score (nSPS) is 20.4. The van der Waals surface area contributed by atoms with E-state index in [1.165, 1.54) is 9.80 Å². The summed E-state index contributed by atoms with van der Waals surface area (Å²) in [5.74, 6) is -0.499. The summed E-state index contributed by atoms with van der Waals surface area (Å²) in [6.45, 7) is 11.1. The molecule has 5 aromatic rings. The number of carbonyl (C=O) groups excluding carboxylic acids is 4. The number of benzene rings is 3. The van der Waals surface area contributed by atoms with Crippen LogP contribution in [0, 0.1) is 10.8 Å². The van der Waals surface area contributed by atoms with Crippen LogP contribution in [-0.4, -0.2) is 104 Å². The minimum atomic E-state index is -4.85. The Morgan fingerprint density at radius 1 is 0.718 bits per heavy atom. The third-order valence-corrected chi connectivity index (χ3v) is 14.7. The van der Waals surface area contributed by atoms with Crippen molar-refractivity contribution in [2.75, 3.05) is 14.2 Å². The summed E-state index contributed by atoms with van der Waals surface area (Å²) in [5.41, 5.74) is 0.645. The van der Waals surface area contributed by atoms with E-state index in [1.807, 2.05) is 56.3 Å². The van der Waals surface area contributed by atoms with Gasteiger partial charge in [-0.1, -0.05) is 32.0 Å². The molecule has 0 aliphatic carbocycles. The highest BCUT2D eigenvalue weighted by Gasteiger charge is 2.59. The van der Waals surface area contributed by atoms with Crippen LogP contribution in [0.4, 0.5) is 35.9 Å². The molecule has 2 aromatic heterocycles. The summed E-state index contributed by atoms with van der Waals surface area (Å²) in [5, 5.41) is 5.87. The molecule has 5 heterocycles. The lowest BCUT2D eigenvalue weighted by atomic mass is 9.82. The van der Waals surface area contributed by atoms with Crippen LogP contribution in [0.2, 0.25) is 0 Å². The molecule has 4 amide bonds. The molecular formula is C50H58F6N8O7. The molecule has 0 spiro atoms. The number of nitrogens with one attached hydrogen (secondary N) is 4. The van der Waals surface area contributed by atoms with E-state index in [9.17, 15) is 45.5 Å². The molecule has 3 aromatic carbocycles. The second-order valence-corrected chi connectivity index (χ2v) is 20.3. The predicted molar refractivity (Wildman–Crippen MR) is 250 cm³/mol. The quantitative estimate of drug-likeness (QED) is 0.0989. The topological polar surface area (TPSA) is 184 Å². The van der Waals surface area contributed by atoms with Crippen molar-refractivity contribution in [3.05, 3.63) is 65.4 Å². The van der Waals surface area contributed by atoms with Crippen molar-refractivity contribution in [1.29, 1.82) is 0 Å². The van der Waals surface area contributed by atoms with Gasteiger partial charge in [0.05, 0.1) is 53.9 Å². The first-order valence-electron chi connectivity index (χ1n) is 23.5. The standard InChI is InChI=1S/C50H58F6N8O7/c1-23(2)36-37(59-42(58-36)34-18-12-25(4)64(34)44(66)40(62-46(68)70-10)48(7,8)50(54,55)56)27-13-15-29-28(19-27)22-71-35-21-30-26(20-31(29)35)14-16-32-38(30)60-41(57-32)33-17-11-24(3)63(33)43(65)39(61-45(67)69-9)47(5,6)49(51,52)53/h13-16,19-21,23-25,33-34,39-40H,11-12,17-18,22H2,1-10H3,(H,57,60)(H,58,59)(H,61,67)(H,62,68)/t24-,25-,33-,34-,39+,40+/m0/s1. The van der Waals surface area contributed by atoms with Gasteiger partial charge < -0.3 is 44.6 Å². The van der Waals surface area contributed by atoms with Gasteiger partial charge in [0, 0.05) is 34.3 Å². The number of hydrogen-bond acceptors (Lipinski definition) is 9. The van der Waals surface area contributed by atoms with Crippen molar-refractivity contribution in [3.8, 4) is 28.1 Å². The van der Waals surface area contributed by atoms with Crippen molar-refractivity contribution < 1.29 is 59.7 Å². The number of hydrogen-bond donors (Lipinski definition) is 4. The third-order valence-electron chi connectivity index (χ3n) is 14.7. The Morgan fingerprint density at radius 3 is 1.76 bits per heavy atom. The van der Waals surface area contributed by atoms with E-state index in [0.29, 0.717) is 59.8 Å². The van der Waals surface area contributed by atoms with Crippen LogP contribution < -0.4 is 15.4 Å². The number of imidazole rings is 2. The highest BCUT2D eigenvalue weighted by atomic mass is 19.4. The average molecular weight is 997 g/mol. The number of carbonyl (C=O) groups is 4. The van der Waals surface area contributed by atoms with E-state index >= 15 is 0 Å². The fraction of sp³-hybridized carbons (Fsp3) is 0.520. The van der Waals surface area contributed by atoms with Crippen LogP contribution in [-0.2, 0) is 25.7 Å². The van der Waals surface area contributed by atoms with E-state index in [0.717, 1.165) is 80.6 Å². The minimum Gasteiger partial charge on any atom is -0.488 e.